The molecule has 0 aliphatic carbocycles. The summed E-state index contributed by atoms with van der Waals surface area (Å²) >= 11 is 0. The van der Waals surface area contributed by atoms with Crippen molar-refractivity contribution in [2.24, 2.45) is 0 Å². The van der Waals surface area contributed by atoms with Gasteiger partial charge in [-0.1, -0.05) is 6.92 Å². The molecule has 0 aliphatic heterocycles. The molecule has 0 spiro atoms. The Morgan fingerprint density at radius 2 is 2.00 bits per heavy atom. The first-order chi connectivity index (χ1) is 4.95. The van der Waals surface area contributed by atoms with E-state index in [0.29, 0.717) is 6.42 Å². The minimum absolute atomic E-state index is 0.0462. The predicted octanol–water partition coefficient (Wildman–Crippen LogP) is 1.87. The third-order valence-corrected chi connectivity index (χ3v) is 1.13. The van der Waals surface area contributed by atoms with Gasteiger partial charge in [0.25, 0.3) is 0 Å². The molecular formula is C9H17NO. The Morgan fingerprint density at radius 3 is 2.36 bits per heavy atom. The second kappa shape index (κ2) is 4.16. The van der Waals surface area contributed by atoms with E-state index in [0.717, 1.165) is 0 Å². The number of hydrogen-bond donors (Lipinski definition) is 1. The van der Waals surface area contributed by atoms with Crippen LogP contribution in [0.2, 0.25) is 0 Å². The summed E-state index contributed by atoms with van der Waals surface area (Å²) < 4.78 is 0. The molecular weight excluding hydrogens is 138 g/mol. The number of allylic oxidation sites excluding steroid dienone is 1. The van der Waals surface area contributed by atoms with Gasteiger partial charge in [-0.25, -0.2) is 0 Å². The van der Waals surface area contributed by atoms with E-state index in [-0.39, 0.29) is 11.3 Å². The van der Waals surface area contributed by atoms with Gasteiger partial charge in [0.2, 0.25) is 0 Å². The lowest BCUT2D eigenvalue weighted by Crippen LogP contribution is -2.31. The van der Waals surface area contributed by atoms with Crippen molar-refractivity contribution in [3.63, 3.8) is 0 Å². The highest BCUT2D eigenvalue weighted by molar-refractivity contribution is 5.89. The average Bonchev–Trinajstić information content (AvgIpc) is 1.85. The normalized spacial score (nSPS) is 12.0. The van der Waals surface area contributed by atoms with Gasteiger partial charge in [-0.3, -0.25) is 4.79 Å². The fraction of sp³-hybridized carbons (Fsp3) is 0.667. The second-order valence-corrected chi connectivity index (χ2v) is 3.55. The second-order valence-electron chi connectivity index (χ2n) is 3.55. The van der Waals surface area contributed by atoms with Gasteiger partial charge in [0.05, 0.1) is 0 Å². The molecule has 0 aromatic carbocycles. The molecule has 0 saturated heterocycles. The highest BCUT2D eigenvalue weighted by Crippen LogP contribution is 1.97. The van der Waals surface area contributed by atoms with Crippen LogP contribution >= 0.6 is 0 Å². The zero-order valence-electron chi connectivity index (χ0n) is 7.77. The minimum atomic E-state index is 0.0462. The highest BCUT2D eigenvalue weighted by atomic mass is 16.1. The molecule has 0 bridgehead atoms. The van der Waals surface area contributed by atoms with E-state index in [4.69, 9.17) is 0 Å². The third-order valence-electron chi connectivity index (χ3n) is 1.13. The van der Waals surface area contributed by atoms with Crippen molar-refractivity contribution in [2.75, 3.05) is 0 Å². The summed E-state index contributed by atoms with van der Waals surface area (Å²) in [7, 11) is 0. The third kappa shape index (κ3) is 7.10. The van der Waals surface area contributed by atoms with Gasteiger partial charge < -0.3 is 5.32 Å². The molecule has 2 heteroatoms. The maximum absolute atomic E-state index is 10.8. The van der Waals surface area contributed by atoms with Gasteiger partial charge in [-0.15, -0.1) is 0 Å². The van der Waals surface area contributed by atoms with E-state index in [1.165, 1.54) is 0 Å². The van der Waals surface area contributed by atoms with Crippen molar-refractivity contribution >= 4 is 5.78 Å². The number of carbonyl (C=O) groups is 1. The van der Waals surface area contributed by atoms with E-state index in [1.807, 2.05) is 27.7 Å². The first-order valence-corrected chi connectivity index (χ1v) is 3.93. The van der Waals surface area contributed by atoms with Gasteiger partial charge in [-0.2, -0.15) is 0 Å². The maximum atomic E-state index is 10.8. The van der Waals surface area contributed by atoms with Crippen LogP contribution < -0.4 is 5.32 Å². The minimum Gasteiger partial charge on any atom is -0.386 e. The number of nitrogens with one attached hydrogen (secondary N) is 1. The molecule has 0 radical (unpaired) electrons. The fourth-order valence-corrected chi connectivity index (χ4v) is 0.502. The summed E-state index contributed by atoms with van der Waals surface area (Å²) in [6, 6.07) is 0. The van der Waals surface area contributed by atoms with Crippen LogP contribution in [-0.2, 0) is 4.79 Å². The molecule has 0 amide bonds. The molecule has 0 rings (SSSR count). The summed E-state index contributed by atoms with van der Waals surface area (Å²) in [5, 5.41) is 3.09. The Kier molecular flexibility index (Phi) is 3.86. The molecule has 0 heterocycles. The predicted molar refractivity (Wildman–Crippen MR) is 47.3 cm³/mol. The van der Waals surface area contributed by atoms with Gasteiger partial charge in [0.15, 0.2) is 5.78 Å². The van der Waals surface area contributed by atoms with Crippen LogP contribution in [0.5, 0.6) is 0 Å². The molecule has 2 nitrogen and oxygen atoms in total. The zero-order valence-corrected chi connectivity index (χ0v) is 7.77. The Hall–Kier alpha value is -0.790. The summed E-state index contributed by atoms with van der Waals surface area (Å²) in [5.41, 5.74) is 0.0462. The summed E-state index contributed by atoms with van der Waals surface area (Å²) in [5.74, 6) is 0.154. The quantitative estimate of drug-likeness (QED) is 0.630. The van der Waals surface area contributed by atoms with Crippen LogP contribution in [0.4, 0.5) is 0 Å². The summed E-state index contributed by atoms with van der Waals surface area (Å²) in [6.45, 7) is 8.00. The molecule has 11 heavy (non-hydrogen) atoms. The van der Waals surface area contributed by atoms with Crippen molar-refractivity contribution in [3.05, 3.63) is 12.3 Å². The maximum Gasteiger partial charge on any atom is 0.156 e. The number of hydrogen-bond acceptors (Lipinski definition) is 2. The van der Waals surface area contributed by atoms with Crippen LogP contribution in [0, 0.1) is 0 Å². The van der Waals surface area contributed by atoms with E-state index in [9.17, 15) is 4.79 Å². The van der Waals surface area contributed by atoms with Crippen LogP contribution in [0.1, 0.15) is 34.1 Å². The number of carbonyl (C=O) groups excluding carboxylic acids is 1. The van der Waals surface area contributed by atoms with Crippen LogP contribution in [0.25, 0.3) is 0 Å². The lowest BCUT2D eigenvalue weighted by Gasteiger charge is -2.18. The smallest absolute Gasteiger partial charge is 0.156 e. The summed E-state index contributed by atoms with van der Waals surface area (Å²) in [4.78, 5) is 10.8. The van der Waals surface area contributed by atoms with Gasteiger partial charge in [-0.05, 0) is 26.8 Å². The largest absolute Gasteiger partial charge is 0.386 e. The lowest BCUT2D eigenvalue weighted by atomic mass is 10.1. The van der Waals surface area contributed by atoms with Crippen LogP contribution in [-0.4, -0.2) is 11.3 Å². The van der Waals surface area contributed by atoms with Crippen LogP contribution in [0.3, 0.4) is 0 Å². The van der Waals surface area contributed by atoms with E-state index in [1.54, 1.807) is 12.3 Å². The van der Waals surface area contributed by atoms with Crippen molar-refractivity contribution < 1.29 is 4.79 Å². The molecule has 0 saturated carbocycles. The number of rotatable bonds is 3. The molecule has 0 fully saturated rings. The summed E-state index contributed by atoms with van der Waals surface area (Å²) in [6.07, 6.45) is 3.86. The Bertz CT molecular complexity index is 153. The SMILES string of the molecule is CCC(=O)/C=C\NC(C)(C)C. The number of ketones is 1. The first-order valence-electron chi connectivity index (χ1n) is 3.93. The van der Waals surface area contributed by atoms with E-state index < -0.39 is 0 Å². The van der Waals surface area contributed by atoms with E-state index >= 15 is 0 Å². The van der Waals surface area contributed by atoms with Gasteiger partial charge in [0, 0.05) is 18.2 Å². The zero-order chi connectivity index (χ0) is 8.91. The Labute approximate surface area is 68.7 Å². The van der Waals surface area contributed by atoms with Crippen molar-refractivity contribution in [2.45, 2.75) is 39.7 Å². The molecule has 0 aromatic heterocycles. The molecule has 64 valence electrons. The fourth-order valence-electron chi connectivity index (χ4n) is 0.502. The monoisotopic (exact) mass is 155 g/mol. The first kappa shape index (κ1) is 10.2. The highest BCUT2D eigenvalue weighted by Gasteiger charge is 2.04. The molecule has 0 aromatic rings. The Balaban J connectivity index is 3.70. The van der Waals surface area contributed by atoms with Gasteiger partial charge >= 0.3 is 0 Å². The standard InChI is InChI=1S/C9H17NO/c1-5-8(11)6-7-10-9(2,3)4/h6-7,10H,5H2,1-4H3/b7-6-. The average molecular weight is 155 g/mol. The van der Waals surface area contributed by atoms with Crippen molar-refractivity contribution in [1.29, 1.82) is 0 Å². The Morgan fingerprint density at radius 1 is 1.45 bits per heavy atom. The molecule has 1 N–H and O–H groups in total. The van der Waals surface area contributed by atoms with Crippen molar-refractivity contribution in [3.8, 4) is 0 Å². The van der Waals surface area contributed by atoms with Crippen molar-refractivity contribution in [1.82, 2.24) is 5.32 Å². The molecule has 0 aliphatic rings. The molecule has 0 atom stereocenters. The van der Waals surface area contributed by atoms with E-state index in [2.05, 4.69) is 5.32 Å². The van der Waals surface area contributed by atoms with Crippen LogP contribution in [0.15, 0.2) is 12.3 Å². The van der Waals surface area contributed by atoms with Gasteiger partial charge in [0.1, 0.15) is 0 Å². The lowest BCUT2D eigenvalue weighted by molar-refractivity contribution is -0.114. The topological polar surface area (TPSA) is 29.1 Å². The molecule has 0 unspecified atom stereocenters.